The highest BCUT2D eigenvalue weighted by Crippen LogP contribution is 2.25. The van der Waals surface area contributed by atoms with E-state index in [1.54, 1.807) is 44.2 Å². The minimum absolute atomic E-state index is 0.135. The molecule has 0 radical (unpaired) electrons. The largest absolute Gasteiger partial charge is 0.465 e. The molecule has 0 aliphatic rings. The van der Waals surface area contributed by atoms with E-state index in [0.717, 1.165) is 0 Å². The predicted molar refractivity (Wildman–Crippen MR) is 79.8 cm³/mol. The molecule has 0 aliphatic heterocycles. The second-order valence-electron chi connectivity index (χ2n) is 4.57. The number of hydrogen-bond acceptors (Lipinski definition) is 5. The van der Waals surface area contributed by atoms with Gasteiger partial charge in [-0.25, -0.2) is 0 Å². The van der Waals surface area contributed by atoms with Crippen molar-refractivity contribution >= 4 is 17.8 Å². The average molecular weight is 307 g/mol. The topological polar surface area (TPSA) is 81.7 Å². The molecule has 1 N–H and O–H groups in total. The summed E-state index contributed by atoms with van der Waals surface area (Å²) in [5.74, 6) is -3.04. The molecule has 1 atom stereocenters. The van der Waals surface area contributed by atoms with E-state index >= 15 is 0 Å². The van der Waals surface area contributed by atoms with Gasteiger partial charge in [-0.3, -0.25) is 14.4 Å². The molecule has 0 spiro atoms. The Bertz CT molecular complexity index is 497. The predicted octanol–water partition coefficient (Wildman–Crippen LogP) is 1.61. The van der Waals surface area contributed by atoms with Crippen molar-refractivity contribution in [1.82, 2.24) is 5.32 Å². The fourth-order valence-corrected chi connectivity index (χ4v) is 2.07. The number of nitrogens with one attached hydrogen (secondary N) is 1. The number of amides is 1. The molecule has 6 heteroatoms. The van der Waals surface area contributed by atoms with Crippen molar-refractivity contribution in [3.05, 3.63) is 35.9 Å². The molecule has 0 aromatic heterocycles. The zero-order valence-electron chi connectivity index (χ0n) is 13.0. The van der Waals surface area contributed by atoms with Gasteiger partial charge < -0.3 is 14.8 Å². The molecule has 22 heavy (non-hydrogen) atoms. The van der Waals surface area contributed by atoms with Crippen LogP contribution in [0.3, 0.4) is 0 Å². The van der Waals surface area contributed by atoms with E-state index in [2.05, 4.69) is 5.32 Å². The smallest absolute Gasteiger partial charge is 0.322 e. The summed E-state index contributed by atoms with van der Waals surface area (Å²) >= 11 is 0. The maximum Gasteiger partial charge on any atom is 0.322 e. The Morgan fingerprint density at radius 3 is 1.91 bits per heavy atom. The van der Waals surface area contributed by atoms with Crippen molar-refractivity contribution in [1.29, 1.82) is 0 Å². The molecule has 1 aromatic rings. The van der Waals surface area contributed by atoms with Gasteiger partial charge in [0.1, 0.15) is 0 Å². The van der Waals surface area contributed by atoms with E-state index in [1.165, 1.54) is 6.92 Å². The summed E-state index contributed by atoms with van der Waals surface area (Å²) in [5.41, 5.74) is 0.629. The van der Waals surface area contributed by atoms with Crippen LogP contribution in [0.25, 0.3) is 0 Å². The maximum atomic E-state index is 12.2. The first-order valence-electron chi connectivity index (χ1n) is 7.16. The lowest BCUT2D eigenvalue weighted by molar-refractivity contribution is -0.163. The highest BCUT2D eigenvalue weighted by molar-refractivity contribution is 5.96. The Morgan fingerprint density at radius 2 is 1.50 bits per heavy atom. The highest BCUT2D eigenvalue weighted by atomic mass is 16.6. The third kappa shape index (κ3) is 4.87. The Morgan fingerprint density at radius 1 is 1.00 bits per heavy atom. The van der Waals surface area contributed by atoms with E-state index in [-0.39, 0.29) is 19.1 Å². The van der Waals surface area contributed by atoms with Gasteiger partial charge in [0.2, 0.25) is 5.91 Å². The van der Waals surface area contributed by atoms with Crippen LogP contribution in [0.15, 0.2) is 30.3 Å². The Balaban J connectivity index is 3.20. The quantitative estimate of drug-likeness (QED) is 0.611. The molecule has 1 rings (SSSR count). The lowest BCUT2D eigenvalue weighted by Gasteiger charge is -2.25. The molecule has 0 heterocycles. The second kappa shape index (κ2) is 8.81. The van der Waals surface area contributed by atoms with Crippen LogP contribution in [0.1, 0.15) is 32.4 Å². The van der Waals surface area contributed by atoms with Crippen LogP contribution in [0, 0.1) is 5.92 Å². The van der Waals surface area contributed by atoms with Crippen molar-refractivity contribution in [3.63, 3.8) is 0 Å². The van der Waals surface area contributed by atoms with Gasteiger partial charge >= 0.3 is 11.9 Å². The number of carbonyl (C=O) groups is 3. The molecule has 0 fully saturated rings. The van der Waals surface area contributed by atoms with Gasteiger partial charge in [-0.15, -0.1) is 0 Å². The molecule has 6 nitrogen and oxygen atoms in total. The molecular formula is C16H21NO5. The minimum Gasteiger partial charge on any atom is -0.465 e. The van der Waals surface area contributed by atoms with E-state index in [0.29, 0.717) is 5.56 Å². The zero-order valence-corrected chi connectivity index (χ0v) is 13.0. The van der Waals surface area contributed by atoms with Crippen LogP contribution in [-0.2, 0) is 23.9 Å². The van der Waals surface area contributed by atoms with Crippen LogP contribution < -0.4 is 5.32 Å². The van der Waals surface area contributed by atoms with Crippen molar-refractivity contribution in [3.8, 4) is 0 Å². The molecular weight excluding hydrogens is 286 g/mol. The van der Waals surface area contributed by atoms with Crippen molar-refractivity contribution in [2.45, 2.75) is 26.8 Å². The first-order valence-corrected chi connectivity index (χ1v) is 7.16. The van der Waals surface area contributed by atoms with Gasteiger partial charge in [0, 0.05) is 6.92 Å². The Kier molecular flexibility index (Phi) is 7.08. The number of hydrogen-bond donors (Lipinski definition) is 1. The van der Waals surface area contributed by atoms with Crippen molar-refractivity contribution in [2.24, 2.45) is 5.92 Å². The summed E-state index contributed by atoms with van der Waals surface area (Å²) in [6, 6.07) is 7.95. The molecule has 0 saturated carbocycles. The summed E-state index contributed by atoms with van der Waals surface area (Å²) in [4.78, 5) is 35.8. The monoisotopic (exact) mass is 307 g/mol. The molecule has 1 aromatic carbocycles. The SMILES string of the molecule is CCOC(=O)C(C(=O)OCC)C(NC(C)=O)c1ccccc1. The third-order valence-corrected chi connectivity index (χ3v) is 2.93. The normalized spacial score (nSPS) is 11.6. The lowest BCUT2D eigenvalue weighted by Crippen LogP contribution is -2.41. The van der Waals surface area contributed by atoms with Gasteiger partial charge in [-0.05, 0) is 19.4 Å². The van der Waals surface area contributed by atoms with Crippen molar-refractivity contribution < 1.29 is 23.9 Å². The van der Waals surface area contributed by atoms with Crippen LogP contribution in [0.2, 0.25) is 0 Å². The average Bonchev–Trinajstić information content (AvgIpc) is 2.47. The van der Waals surface area contributed by atoms with Crippen molar-refractivity contribution in [2.75, 3.05) is 13.2 Å². The Hall–Kier alpha value is -2.37. The van der Waals surface area contributed by atoms with E-state index in [9.17, 15) is 14.4 Å². The third-order valence-electron chi connectivity index (χ3n) is 2.93. The molecule has 0 saturated heterocycles. The molecule has 1 unspecified atom stereocenters. The number of carbonyl (C=O) groups excluding carboxylic acids is 3. The van der Waals surface area contributed by atoms with Crippen LogP contribution >= 0.6 is 0 Å². The van der Waals surface area contributed by atoms with Crippen LogP contribution in [-0.4, -0.2) is 31.1 Å². The standard InChI is InChI=1S/C16H21NO5/c1-4-21-15(19)13(16(20)22-5-2)14(17-11(3)18)12-9-7-6-8-10-12/h6-10,13-14H,4-5H2,1-3H3,(H,17,18). The first kappa shape index (κ1) is 17.7. The summed E-state index contributed by atoms with van der Waals surface area (Å²) in [6.45, 7) is 4.89. The summed E-state index contributed by atoms with van der Waals surface area (Å²) < 4.78 is 9.93. The van der Waals surface area contributed by atoms with Crippen LogP contribution in [0.4, 0.5) is 0 Å². The van der Waals surface area contributed by atoms with Crippen LogP contribution in [0.5, 0.6) is 0 Å². The summed E-state index contributed by atoms with van der Waals surface area (Å²) in [5, 5.41) is 2.63. The lowest BCUT2D eigenvalue weighted by atomic mass is 9.92. The van der Waals surface area contributed by atoms with E-state index in [1.807, 2.05) is 0 Å². The van der Waals surface area contributed by atoms with Gasteiger partial charge in [0.25, 0.3) is 0 Å². The van der Waals surface area contributed by atoms with Gasteiger partial charge in [0.15, 0.2) is 5.92 Å². The summed E-state index contributed by atoms with van der Waals surface area (Å²) in [7, 11) is 0. The Labute approximate surface area is 129 Å². The highest BCUT2D eigenvalue weighted by Gasteiger charge is 2.39. The number of rotatable bonds is 7. The maximum absolute atomic E-state index is 12.2. The van der Waals surface area contributed by atoms with Gasteiger partial charge in [-0.2, -0.15) is 0 Å². The molecule has 0 bridgehead atoms. The number of esters is 2. The fourth-order valence-electron chi connectivity index (χ4n) is 2.07. The summed E-state index contributed by atoms with van der Waals surface area (Å²) in [6.07, 6.45) is 0. The minimum atomic E-state index is -1.24. The first-order chi connectivity index (χ1) is 10.5. The number of benzene rings is 1. The molecule has 0 aliphatic carbocycles. The second-order valence-corrected chi connectivity index (χ2v) is 4.57. The van der Waals surface area contributed by atoms with E-state index in [4.69, 9.17) is 9.47 Å². The van der Waals surface area contributed by atoms with E-state index < -0.39 is 23.9 Å². The zero-order chi connectivity index (χ0) is 16.5. The molecule has 120 valence electrons. The van der Waals surface area contributed by atoms with Gasteiger partial charge in [-0.1, -0.05) is 30.3 Å². The number of ether oxygens (including phenoxy) is 2. The van der Waals surface area contributed by atoms with Gasteiger partial charge in [0.05, 0.1) is 19.3 Å². The fraction of sp³-hybridized carbons (Fsp3) is 0.438. The molecule has 1 amide bonds.